The highest BCUT2D eigenvalue weighted by Gasteiger charge is 2.24. The third-order valence-corrected chi connectivity index (χ3v) is 6.68. The summed E-state index contributed by atoms with van der Waals surface area (Å²) in [5.74, 6) is -1.59. The quantitative estimate of drug-likeness (QED) is 0.284. The maximum atomic E-state index is 15.0. The Balaban J connectivity index is 1.23. The molecule has 3 heterocycles. The maximum absolute atomic E-state index is 15.0. The molecule has 0 bridgehead atoms. The Morgan fingerprint density at radius 3 is 2.62 bits per heavy atom. The van der Waals surface area contributed by atoms with Crippen molar-refractivity contribution in [1.29, 1.82) is 0 Å². The average molecular weight is 538 g/mol. The van der Waals surface area contributed by atoms with Crippen molar-refractivity contribution in [2.24, 2.45) is 0 Å². The minimum absolute atomic E-state index is 0.0775. The molecule has 10 nitrogen and oxygen atoms in total. The number of urea groups is 1. The van der Waals surface area contributed by atoms with Crippen LogP contribution in [0.3, 0.4) is 0 Å². The molecule has 2 aromatic heterocycles. The number of benzene rings is 2. The SMILES string of the molecule is [NH3+]C1CC[NH+](Cc2ccn3ncnc(Oc4ccc(NC(=O)NC(=O)Cc5ccc(F)cc5)cc4F)c23)CC1. The van der Waals surface area contributed by atoms with Gasteiger partial charge in [0.1, 0.15) is 24.2 Å². The Kier molecular flexibility index (Phi) is 7.75. The van der Waals surface area contributed by atoms with E-state index in [9.17, 15) is 18.4 Å². The van der Waals surface area contributed by atoms with Gasteiger partial charge in [-0.2, -0.15) is 10.1 Å². The van der Waals surface area contributed by atoms with Crippen LogP contribution in [0.15, 0.2) is 61.1 Å². The zero-order valence-electron chi connectivity index (χ0n) is 21.1. The van der Waals surface area contributed by atoms with Crippen LogP contribution in [0.5, 0.6) is 11.6 Å². The van der Waals surface area contributed by atoms with Crippen LogP contribution in [0.25, 0.3) is 5.52 Å². The summed E-state index contributed by atoms with van der Waals surface area (Å²) in [6, 6.07) is 10.9. The van der Waals surface area contributed by atoms with Crippen LogP contribution < -0.4 is 26.0 Å². The van der Waals surface area contributed by atoms with Crippen LogP contribution in [0.4, 0.5) is 19.3 Å². The van der Waals surface area contributed by atoms with Crippen molar-refractivity contribution in [3.63, 3.8) is 0 Å². The number of nitrogens with one attached hydrogen (secondary N) is 3. The van der Waals surface area contributed by atoms with Gasteiger partial charge in [0.05, 0.1) is 25.6 Å². The number of imide groups is 1. The molecular formula is C27H29F2N7O3+2. The molecule has 1 aliphatic rings. The van der Waals surface area contributed by atoms with Crippen molar-refractivity contribution >= 4 is 23.1 Å². The molecule has 6 N–H and O–H groups in total. The fourth-order valence-electron chi connectivity index (χ4n) is 4.62. The Morgan fingerprint density at radius 2 is 1.87 bits per heavy atom. The molecule has 12 heteroatoms. The molecule has 1 saturated heterocycles. The Labute approximate surface area is 222 Å². The number of quaternary nitrogens is 2. The van der Waals surface area contributed by atoms with Crippen LogP contribution in [-0.4, -0.2) is 45.7 Å². The van der Waals surface area contributed by atoms with E-state index in [0.717, 1.165) is 44.1 Å². The molecule has 0 radical (unpaired) electrons. The van der Waals surface area contributed by atoms with E-state index >= 15 is 0 Å². The van der Waals surface area contributed by atoms with Crippen LogP contribution in [0.1, 0.15) is 24.0 Å². The van der Waals surface area contributed by atoms with E-state index < -0.39 is 23.6 Å². The highest BCUT2D eigenvalue weighted by Crippen LogP contribution is 2.29. The van der Waals surface area contributed by atoms with E-state index in [1.54, 1.807) is 4.52 Å². The molecule has 202 valence electrons. The van der Waals surface area contributed by atoms with Gasteiger partial charge in [-0.3, -0.25) is 10.1 Å². The fourth-order valence-corrected chi connectivity index (χ4v) is 4.62. The normalized spacial score (nSPS) is 17.1. The predicted molar refractivity (Wildman–Crippen MR) is 137 cm³/mol. The molecule has 1 aliphatic heterocycles. The standard InChI is InChI=1S/C27H27F2N7O3/c28-19-3-1-17(2-4-19)13-24(37)34-27(38)33-21-5-6-23(22(29)14-21)39-26-25-18(7-12-36(25)32-16-31-26)15-35-10-8-20(30)9-11-35/h1-7,12,14,16,20H,8-11,13,15,30H2,(H2,33,34,37,38)/p+2. The lowest BCUT2D eigenvalue weighted by atomic mass is 10.1. The monoisotopic (exact) mass is 537 g/mol. The molecule has 0 atom stereocenters. The van der Waals surface area contributed by atoms with Crippen LogP contribution in [0, 0.1) is 11.6 Å². The number of piperidine rings is 1. The average Bonchev–Trinajstić information content (AvgIpc) is 3.32. The third-order valence-electron chi connectivity index (χ3n) is 6.68. The number of nitrogens with zero attached hydrogens (tertiary/aromatic N) is 3. The molecule has 5 rings (SSSR count). The number of halogens is 2. The van der Waals surface area contributed by atoms with Crippen LogP contribution >= 0.6 is 0 Å². The first-order valence-corrected chi connectivity index (χ1v) is 12.6. The van der Waals surface area contributed by atoms with E-state index in [1.807, 2.05) is 12.3 Å². The lowest BCUT2D eigenvalue weighted by molar-refractivity contribution is -0.922. The summed E-state index contributed by atoms with van der Waals surface area (Å²) >= 11 is 0. The van der Waals surface area contributed by atoms with Gasteiger partial charge < -0.3 is 20.7 Å². The summed E-state index contributed by atoms with van der Waals surface area (Å²) in [6.07, 6.45) is 5.21. The minimum Gasteiger partial charge on any atom is -0.434 e. The predicted octanol–water partition coefficient (Wildman–Crippen LogP) is 1.48. The number of rotatable bonds is 7. The van der Waals surface area contributed by atoms with E-state index in [4.69, 9.17) is 4.74 Å². The molecule has 1 fully saturated rings. The topological polar surface area (TPSA) is 130 Å². The van der Waals surface area contributed by atoms with Gasteiger partial charge in [-0.05, 0) is 35.9 Å². The number of carbonyl (C=O) groups excluding carboxylic acids is 2. The van der Waals surface area contributed by atoms with Crippen LogP contribution in [0.2, 0.25) is 0 Å². The number of carbonyl (C=O) groups is 2. The zero-order chi connectivity index (χ0) is 27.4. The number of fused-ring (bicyclic) bond motifs is 1. The second-order valence-corrected chi connectivity index (χ2v) is 9.62. The first-order chi connectivity index (χ1) is 18.8. The number of hydrogen-bond donors (Lipinski definition) is 4. The van der Waals surface area contributed by atoms with E-state index in [1.165, 1.54) is 47.6 Å². The number of likely N-dealkylation sites (tertiary alicyclic amines) is 1. The summed E-state index contributed by atoms with van der Waals surface area (Å²) < 4.78 is 35.5. The molecule has 0 unspecified atom stereocenters. The molecular weight excluding hydrogens is 508 g/mol. The number of anilines is 1. The molecule has 3 amide bonds. The van der Waals surface area contributed by atoms with E-state index in [0.29, 0.717) is 17.1 Å². The maximum Gasteiger partial charge on any atom is 0.325 e. The Bertz CT molecular complexity index is 1480. The smallest absolute Gasteiger partial charge is 0.325 e. The van der Waals surface area contributed by atoms with Gasteiger partial charge in [0.15, 0.2) is 11.6 Å². The first-order valence-electron chi connectivity index (χ1n) is 12.6. The molecule has 0 aliphatic carbocycles. The van der Waals surface area contributed by atoms with Crippen LogP contribution in [-0.2, 0) is 17.8 Å². The lowest BCUT2D eigenvalue weighted by Crippen LogP contribution is -3.12. The Morgan fingerprint density at radius 1 is 1.10 bits per heavy atom. The van der Waals surface area contributed by atoms with Gasteiger partial charge in [-0.15, -0.1) is 0 Å². The van der Waals surface area contributed by atoms with Gasteiger partial charge in [-0.1, -0.05) is 12.1 Å². The zero-order valence-corrected chi connectivity index (χ0v) is 21.1. The van der Waals surface area contributed by atoms with E-state index in [2.05, 4.69) is 26.4 Å². The molecule has 4 aromatic rings. The number of amides is 3. The van der Waals surface area contributed by atoms with Crippen molar-refractivity contribution in [2.45, 2.75) is 31.8 Å². The highest BCUT2D eigenvalue weighted by molar-refractivity contribution is 6.01. The molecule has 39 heavy (non-hydrogen) atoms. The fraction of sp³-hybridized carbons (Fsp3) is 0.259. The number of ether oxygens (including phenoxy) is 1. The van der Waals surface area contributed by atoms with Crippen molar-refractivity contribution < 1.29 is 33.7 Å². The van der Waals surface area contributed by atoms with Gasteiger partial charge in [0.2, 0.25) is 11.8 Å². The van der Waals surface area contributed by atoms with Crippen molar-refractivity contribution in [3.05, 3.63) is 83.8 Å². The number of hydrogen-bond acceptors (Lipinski definition) is 5. The summed E-state index contributed by atoms with van der Waals surface area (Å²) in [5, 5.41) is 8.83. The van der Waals surface area contributed by atoms with Gasteiger partial charge in [0.25, 0.3) is 0 Å². The minimum atomic E-state index is -0.823. The Hall–Kier alpha value is -4.42. The molecule has 0 saturated carbocycles. The number of aromatic nitrogens is 3. The third kappa shape index (κ3) is 6.54. The first kappa shape index (κ1) is 26.2. The largest absolute Gasteiger partial charge is 0.434 e. The summed E-state index contributed by atoms with van der Waals surface area (Å²) in [7, 11) is 0. The van der Waals surface area contributed by atoms with Crippen molar-refractivity contribution in [2.75, 3.05) is 18.4 Å². The highest BCUT2D eigenvalue weighted by atomic mass is 19.1. The summed E-state index contributed by atoms with van der Waals surface area (Å²) in [6.45, 7) is 2.83. The van der Waals surface area contributed by atoms with Gasteiger partial charge in [0, 0.05) is 36.4 Å². The van der Waals surface area contributed by atoms with Crippen molar-refractivity contribution in [3.8, 4) is 11.6 Å². The van der Waals surface area contributed by atoms with Crippen molar-refractivity contribution in [1.82, 2.24) is 19.9 Å². The molecule has 2 aromatic carbocycles. The van der Waals surface area contributed by atoms with Gasteiger partial charge in [-0.25, -0.2) is 18.1 Å². The van der Waals surface area contributed by atoms with E-state index in [-0.39, 0.29) is 23.7 Å². The second-order valence-electron chi connectivity index (χ2n) is 9.62. The summed E-state index contributed by atoms with van der Waals surface area (Å²) in [4.78, 5) is 30.0. The van der Waals surface area contributed by atoms with Gasteiger partial charge >= 0.3 is 6.03 Å². The second kappa shape index (κ2) is 11.5. The summed E-state index contributed by atoms with van der Waals surface area (Å²) in [5.41, 5.74) is 6.50. The molecule has 0 spiro atoms. The lowest BCUT2D eigenvalue weighted by Gasteiger charge is -2.25.